The number of hydrogen-bond donors (Lipinski definition) is 1. The molecule has 0 aromatic heterocycles. The molecule has 4 heteroatoms. The molecule has 0 saturated heterocycles. The molecule has 0 aliphatic rings. The first-order valence-electron chi connectivity index (χ1n) is 6.23. The maximum Gasteiger partial charge on any atom is 0.162 e. The first kappa shape index (κ1) is 14.7. The molecule has 0 heterocycles. The minimum atomic E-state index is -0.804. The van der Waals surface area contributed by atoms with Crippen molar-refractivity contribution < 1.29 is 14.6 Å². The normalized spacial score (nSPS) is 12.1. The molecule has 3 nitrogen and oxygen atoms in total. The number of methoxy groups -OCH3 is 2. The first-order chi connectivity index (χ1) is 9.56. The summed E-state index contributed by atoms with van der Waals surface area (Å²) in [5, 5.41) is 10.9. The molecule has 0 aliphatic carbocycles. The van der Waals surface area contributed by atoms with E-state index in [-0.39, 0.29) is 0 Å². The Bertz CT molecular complexity index is 611. The Kier molecular flexibility index (Phi) is 4.53. The zero-order valence-electron chi connectivity index (χ0n) is 11.7. The van der Waals surface area contributed by atoms with Crippen LogP contribution in [0.5, 0.6) is 11.5 Å². The fourth-order valence-corrected chi connectivity index (χ4v) is 2.36. The average Bonchev–Trinajstić information content (AvgIpc) is 2.46. The van der Waals surface area contributed by atoms with E-state index in [0.29, 0.717) is 22.1 Å². The fourth-order valence-electron chi connectivity index (χ4n) is 2.10. The Labute approximate surface area is 123 Å². The van der Waals surface area contributed by atoms with E-state index in [1.54, 1.807) is 26.4 Å². The SMILES string of the molecule is COc1cc(Cl)c(C(O)c2cccc(C)c2)cc1OC. The second kappa shape index (κ2) is 6.16. The van der Waals surface area contributed by atoms with Crippen LogP contribution in [0.2, 0.25) is 5.02 Å². The van der Waals surface area contributed by atoms with E-state index in [1.165, 1.54) is 0 Å². The maximum absolute atomic E-state index is 10.5. The Morgan fingerprint density at radius 3 is 2.30 bits per heavy atom. The first-order valence-corrected chi connectivity index (χ1v) is 6.60. The van der Waals surface area contributed by atoms with Crippen molar-refractivity contribution in [3.05, 3.63) is 58.1 Å². The van der Waals surface area contributed by atoms with Gasteiger partial charge in [0.25, 0.3) is 0 Å². The van der Waals surface area contributed by atoms with Crippen LogP contribution in [0.3, 0.4) is 0 Å². The lowest BCUT2D eigenvalue weighted by Gasteiger charge is -2.16. The van der Waals surface area contributed by atoms with Crippen LogP contribution in [0, 0.1) is 6.92 Å². The van der Waals surface area contributed by atoms with Crippen LogP contribution in [0.25, 0.3) is 0 Å². The highest BCUT2D eigenvalue weighted by molar-refractivity contribution is 6.31. The number of benzene rings is 2. The Morgan fingerprint density at radius 2 is 1.70 bits per heavy atom. The van der Waals surface area contributed by atoms with E-state index in [9.17, 15) is 5.11 Å². The fraction of sp³-hybridized carbons (Fsp3) is 0.250. The summed E-state index contributed by atoms with van der Waals surface area (Å²) < 4.78 is 10.4. The summed E-state index contributed by atoms with van der Waals surface area (Å²) in [4.78, 5) is 0. The van der Waals surface area contributed by atoms with Crippen LogP contribution >= 0.6 is 11.6 Å². The van der Waals surface area contributed by atoms with Crippen molar-refractivity contribution in [2.45, 2.75) is 13.0 Å². The quantitative estimate of drug-likeness (QED) is 0.933. The van der Waals surface area contributed by atoms with E-state index in [1.807, 2.05) is 31.2 Å². The van der Waals surface area contributed by atoms with Crippen LogP contribution in [-0.4, -0.2) is 19.3 Å². The topological polar surface area (TPSA) is 38.7 Å². The van der Waals surface area contributed by atoms with E-state index in [0.717, 1.165) is 11.1 Å². The van der Waals surface area contributed by atoms with E-state index in [4.69, 9.17) is 21.1 Å². The van der Waals surface area contributed by atoms with Gasteiger partial charge >= 0.3 is 0 Å². The van der Waals surface area contributed by atoms with Crippen molar-refractivity contribution in [2.75, 3.05) is 14.2 Å². The molecule has 1 N–H and O–H groups in total. The summed E-state index contributed by atoms with van der Waals surface area (Å²) in [5.41, 5.74) is 2.46. The number of rotatable bonds is 4. The van der Waals surface area contributed by atoms with Crippen molar-refractivity contribution in [3.63, 3.8) is 0 Å². The smallest absolute Gasteiger partial charge is 0.162 e. The molecular weight excluding hydrogens is 276 g/mol. The minimum Gasteiger partial charge on any atom is -0.493 e. The molecular formula is C16H17ClO3. The third-order valence-electron chi connectivity index (χ3n) is 3.16. The molecule has 0 amide bonds. The van der Waals surface area contributed by atoms with Crippen LogP contribution in [0.1, 0.15) is 22.8 Å². The zero-order chi connectivity index (χ0) is 14.7. The summed E-state index contributed by atoms with van der Waals surface area (Å²) in [6.45, 7) is 1.98. The molecule has 0 saturated carbocycles. The average molecular weight is 293 g/mol. The highest BCUT2D eigenvalue weighted by Gasteiger charge is 2.18. The molecule has 1 atom stereocenters. The molecule has 0 fully saturated rings. The van der Waals surface area contributed by atoms with E-state index in [2.05, 4.69) is 0 Å². The number of aliphatic hydroxyl groups is 1. The summed E-state index contributed by atoms with van der Waals surface area (Å²) in [5.74, 6) is 1.08. The van der Waals surface area contributed by atoms with Crippen LogP contribution in [0.15, 0.2) is 36.4 Å². The Hall–Kier alpha value is -1.71. The van der Waals surface area contributed by atoms with Gasteiger partial charge in [0.2, 0.25) is 0 Å². The van der Waals surface area contributed by atoms with E-state index < -0.39 is 6.10 Å². The van der Waals surface area contributed by atoms with Crippen molar-refractivity contribution in [1.29, 1.82) is 0 Å². The lowest BCUT2D eigenvalue weighted by Crippen LogP contribution is -2.02. The van der Waals surface area contributed by atoms with Gasteiger partial charge in [-0.15, -0.1) is 0 Å². The standard InChI is InChI=1S/C16H17ClO3/c1-10-5-4-6-11(7-10)16(18)12-8-14(19-2)15(20-3)9-13(12)17/h4-9,16,18H,1-3H3. The molecule has 2 aromatic carbocycles. The number of aliphatic hydroxyl groups excluding tert-OH is 1. The van der Waals surface area contributed by atoms with Gasteiger partial charge in [0.1, 0.15) is 6.10 Å². The van der Waals surface area contributed by atoms with Crippen LogP contribution in [-0.2, 0) is 0 Å². The van der Waals surface area contributed by atoms with Crippen molar-refractivity contribution in [3.8, 4) is 11.5 Å². The van der Waals surface area contributed by atoms with Crippen molar-refractivity contribution in [2.24, 2.45) is 0 Å². The Balaban J connectivity index is 2.46. The summed E-state index contributed by atoms with van der Waals surface area (Å²) in [7, 11) is 3.10. The van der Waals surface area contributed by atoms with Crippen molar-refractivity contribution in [1.82, 2.24) is 0 Å². The largest absolute Gasteiger partial charge is 0.493 e. The lowest BCUT2D eigenvalue weighted by molar-refractivity contribution is 0.219. The van der Waals surface area contributed by atoms with Gasteiger partial charge in [-0.05, 0) is 18.6 Å². The Morgan fingerprint density at radius 1 is 1.05 bits per heavy atom. The monoisotopic (exact) mass is 292 g/mol. The minimum absolute atomic E-state index is 0.441. The molecule has 2 aromatic rings. The molecule has 1 unspecified atom stereocenters. The van der Waals surface area contributed by atoms with Crippen molar-refractivity contribution >= 4 is 11.6 Å². The van der Waals surface area contributed by atoms with Gasteiger partial charge < -0.3 is 14.6 Å². The summed E-state index contributed by atoms with van der Waals surface area (Å²) >= 11 is 6.23. The van der Waals surface area contributed by atoms with Gasteiger partial charge in [-0.1, -0.05) is 41.4 Å². The van der Waals surface area contributed by atoms with Gasteiger partial charge in [0.05, 0.1) is 19.2 Å². The molecule has 106 valence electrons. The molecule has 20 heavy (non-hydrogen) atoms. The highest BCUT2D eigenvalue weighted by atomic mass is 35.5. The molecule has 0 aliphatic heterocycles. The number of ether oxygens (including phenoxy) is 2. The predicted molar refractivity (Wildman–Crippen MR) is 79.8 cm³/mol. The van der Waals surface area contributed by atoms with Gasteiger partial charge in [0, 0.05) is 11.6 Å². The third-order valence-corrected chi connectivity index (χ3v) is 3.48. The summed E-state index contributed by atoms with van der Waals surface area (Å²) in [6.07, 6.45) is -0.804. The number of hydrogen-bond acceptors (Lipinski definition) is 3. The molecule has 2 rings (SSSR count). The molecule has 0 spiro atoms. The van der Waals surface area contributed by atoms with Crippen LogP contribution in [0.4, 0.5) is 0 Å². The maximum atomic E-state index is 10.5. The van der Waals surface area contributed by atoms with E-state index >= 15 is 0 Å². The predicted octanol–water partition coefficient (Wildman–Crippen LogP) is 3.75. The lowest BCUT2D eigenvalue weighted by atomic mass is 9.99. The van der Waals surface area contributed by atoms with Gasteiger partial charge in [-0.2, -0.15) is 0 Å². The number of halogens is 1. The zero-order valence-corrected chi connectivity index (χ0v) is 12.4. The van der Waals surface area contributed by atoms with Gasteiger partial charge in [-0.25, -0.2) is 0 Å². The molecule has 0 bridgehead atoms. The third kappa shape index (κ3) is 2.89. The van der Waals surface area contributed by atoms with Gasteiger partial charge in [-0.3, -0.25) is 0 Å². The molecule has 0 radical (unpaired) electrons. The highest BCUT2D eigenvalue weighted by Crippen LogP contribution is 2.37. The second-order valence-electron chi connectivity index (χ2n) is 4.55. The number of aryl methyl sites for hydroxylation is 1. The van der Waals surface area contributed by atoms with Crippen LogP contribution < -0.4 is 9.47 Å². The van der Waals surface area contributed by atoms with Gasteiger partial charge in [0.15, 0.2) is 11.5 Å². The second-order valence-corrected chi connectivity index (χ2v) is 4.95. The summed E-state index contributed by atoms with van der Waals surface area (Å²) in [6, 6.07) is 11.0.